The van der Waals surface area contributed by atoms with Gasteiger partial charge in [0, 0.05) is 24.1 Å². The van der Waals surface area contributed by atoms with E-state index in [4.69, 9.17) is 9.31 Å². The van der Waals surface area contributed by atoms with E-state index < -0.39 is 33.6 Å². The highest BCUT2D eigenvalue weighted by atomic mass is 32.2. The molecule has 0 aliphatic carbocycles. The number of pyridine rings is 1. The molecule has 0 radical (unpaired) electrons. The van der Waals surface area contributed by atoms with E-state index in [0.717, 1.165) is 6.26 Å². The summed E-state index contributed by atoms with van der Waals surface area (Å²) >= 11 is 0. The smallest absolute Gasteiger partial charge is 0.399 e. The second-order valence-electron chi connectivity index (χ2n) is 5.96. The summed E-state index contributed by atoms with van der Waals surface area (Å²) < 4.78 is 34.7. The molecule has 2 rings (SSSR count). The highest BCUT2D eigenvalue weighted by molar-refractivity contribution is 7.90. The lowest BCUT2D eigenvalue weighted by Crippen LogP contribution is -2.45. The Bertz CT molecular complexity index is 676. The largest absolute Gasteiger partial charge is 0.500 e. The van der Waals surface area contributed by atoms with E-state index >= 15 is 0 Å². The van der Waals surface area contributed by atoms with E-state index in [1.165, 1.54) is 12.4 Å². The predicted molar refractivity (Wildman–Crippen MR) is 75.9 cm³/mol. The maximum atomic E-state index is 12.3. The topological polar surface area (TPSA) is 85.5 Å². The molecular weight excluding hydrogens is 281 g/mol. The molecule has 0 spiro atoms. The number of hydrogen-bond donors (Lipinski definition) is 1. The van der Waals surface area contributed by atoms with Gasteiger partial charge in [0.25, 0.3) is 0 Å². The van der Waals surface area contributed by atoms with Gasteiger partial charge in [-0.3, -0.25) is 4.79 Å². The van der Waals surface area contributed by atoms with Crippen molar-refractivity contribution in [2.24, 2.45) is 0 Å². The van der Waals surface area contributed by atoms with Gasteiger partial charge in [-0.2, -0.15) is 0 Å². The Hall–Kier alpha value is -1.12. The van der Waals surface area contributed by atoms with E-state index in [1.54, 1.807) is 0 Å². The molecule has 110 valence electrons. The molecule has 0 saturated carbocycles. The van der Waals surface area contributed by atoms with Crippen LogP contribution in [0.3, 0.4) is 0 Å². The Labute approximate surface area is 118 Å². The van der Waals surface area contributed by atoms with Crippen molar-refractivity contribution >= 4 is 22.4 Å². The Morgan fingerprint density at radius 2 is 1.60 bits per heavy atom. The van der Waals surface area contributed by atoms with Crippen LogP contribution in [0.15, 0.2) is 22.1 Å². The maximum Gasteiger partial charge on any atom is 0.500 e. The fraction of sp³-hybridized carbons (Fsp3) is 0.583. The summed E-state index contributed by atoms with van der Waals surface area (Å²) in [5.74, 6) is 0. The van der Waals surface area contributed by atoms with Crippen LogP contribution >= 0.6 is 0 Å². The lowest BCUT2D eigenvalue weighted by molar-refractivity contribution is 0.00578. The van der Waals surface area contributed by atoms with Gasteiger partial charge in [-0.15, -0.1) is 0 Å². The molecule has 1 aliphatic rings. The van der Waals surface area contributed by atoms with Crippen molar-refractivity contribution in [2.45, 2.75) is 43.8 Å². The number of aromatic nitrogens is 1. The van der Waals surface area contributed by atoms with Crippen molar-refractivity contribution in [3.8, 4) is 0 Å². The van der Waals surface area contributed by atoms with Crippen LogP contribution in [0.5, 0.6) is 0 Å². The minimum absolute atomic E-state index is 0.159. The van der Waals surface area contributed by atoms with Gasteiger partial charge in [0.05, 0.1) is 11.2 Å². The van der Waals surface area contributed by atoms with Crippen molar-refractivity contribution in [1.82, 2.24) is 4.98 Å². The van der Waals surface area contributed by atoms with Crippen LogP contribution in [-0.2, 0) is 19.1 Å². The first-order chi connectivity index (χ1) is 8.96. The van der Waals surface area contributed by atoms with Crippen LogP contribution in [0.4, 0.5) is 0 Å². The Balaban J connectivity index is 2.50. The summed E-state index contributed by atoms with van der Waals surface area (Å²) in [4.78, 5) is 14.6. The van der Waals surface area contributed by atoms with Crippen molar-refractivity contribution in [3.05, 3.63) is 22.6 Å². The van der Waals surface area contributed by atoms with Crippen LogP contribution in [0, 0.1) is 0 Å². The zero-order valence-electron chi connectivity index (χ0n) is 12.2. The minimum Gasteiger partial charge on any atom is -0.399 e. The monoisotopic (exact) mass is 299 g/mol. The van der Waals surface area contributed by atoms with Gasteiger partial charge in [0.15, 0.2) is 15.3 Å². The summed E-state index contributed by atoms with van der Waals surface area (Å²) in [5.41, 5.74) is -1.62. The second-order valence-corrected chi connectivity index (χ2v) is 7.95. The Morgan fingerprint density at radius 1 is 1.10 bits per heavy atom. The molecule has 1 fully saturated rings. The lowest BCUT2D eigenvalue weighted by atomic mass is 9.80. The summed E-state index contributed by atoms with van der Waals surface area (Å²) in [5, 5.41) is 0. The molecule has 6 nitrogen and oxygen atoms in total. The number of aromatic amines is 1. The third-order valence-electron chi connectivity index (χ3n) is 3.85. The molecule has 0 aromatic carbocycles. The van der Waals surface area contributed by atoms with E-state index in [2.05, 4.69) is 4.98 Å². The van der Waals surface area contributed by atoms with Crippen molar-refractivity contribution in [1.29, 1.82) is 0 Å². The van der Waals surface area contributed by atoms with Crippen LogP contribution in [0.25, 0.3) is 0 Å². The standard InChI is InChI=1S/C12H18BNO5S/c1-11(2)12(3,4)19-13(18-11)8-6-14-7-9(10(8)15)20(5,16)17/h6-7H,1-5H3,(H,14,15). The van der Waals surface area contributed by atoms with Gasteiger partial charge in [-0.25, -0.2) is 8.42 Å². The first-order valence-electron chi connectivity index (χ1n) is 6.22. The number of nitrogens with one attached hydrogen (secondary N) is 1. The van der Waals surface area contributed by atoms with Gasteiger partial charge in [0.2, 0.25) is 0 Å². The molecule has 8 heteroatoms. The molecule has 1 saturated heterocycles. The molecular formula is C12H18BNO5S. The average molecular weight is 299 g/mol. The van der Waals surface area contributed by atoms with Crippen molar-refractivity contribution in [3.63, 3.8) is 0 Å². The summed E-state index contributed by atoms with van der Waals surface area (Å²) in [7, 11) is -4.48. The average Bonchev–Trinajstić information content (AvgIpc) is 2.46. The van der Waals surface area contributed by atoms with Gasteiger partial charge >= 0.3 is 7.12 Å². The third kappa shape index (κ3) is 2.43. The van der Waals surface area contributed by atoms with Gasteiger partial charge in [-0.05, 0) is 27.7 Å². The molecule has 1 N–H and O–H groups in total. The SMILES string of the molecule is CC1(C)OB(c2c[nH]cc(S(C)(=O)=O)c2=O)OC1(C)C. The first kappa shape index (κ1) is 15.3. The Morgan fingerprint density at radius 3 is 2.05 bits per heavy atom. The van der Waals surface area contributed by atoms with E-state index in [1.807, 2.05) is 27.7 Å². The summed E-state index contributed by atoms with van der Waals surface area (Å²) in [6.45, 7) is 7.45. The fourth-order valence-electron chi connectivity index (χ4n) is 1.90. The molecule has 1 aromatic heterocycles. The summed E-state index contributed by atoms with van der Waals surface area (Å²) in [6.07, 6.45) is 3.58. The van der Waals surface area contributed by atoms with Gasteiger partial charge < -0.3 is 14.3 Å². The van der Waals surface area contributed by atoms with Crippen LogP contribution in [0.1, 0.15) is 27.7 Å². The van der Waals surface area contributed by atoms with Crippen molar-refractivity contribution < 1.29 is 17.7 Å². The molecule has 2 heterocycles. The highest BCUT2D eigenvalue weighted by Crippen LogP contribution is 2.36. The van der Waals surface area contributed by atoms with E-state index in [9.17, 15) is 13.2 Å². The first-order valence-corrected chi connectivity index (χ1v) is 8.11. The minimum atomic E-state index is -3.60. The normalized spacial score (nSPS) is 21.1. The predicted octanol–water partition coefficient (Wildman–Crippen LogP) is 0.0776. The zero-order valence-corrected chi connectivity index (χ0v) is 13.0. The molecule has 1 aliphatic heterocycles. The van der Waals surface area contributed by atoms with E-state index in [0.29, 0.717) is 0 Å². The quantitative estimate of drug-likeness (QED) is 0.782. The summed E-state index contributed by atoms with van der Waals surface area (Å²) in [6, 6.07) is 0. The lowest BCUT2D eigenvalue weighted by Gasteiger charge is -2.32. The van der Waals surface area contributed by atoms with Crippen LogP contribution in [-0.4, -0.2) is 38.0 Å². The number of rotatable bonds is 2. The molecule has 0 unspecified atom stereocenters. The molecule has 1 aromatic rings. The highest BCUT2D eigenvalue weighted by Gasteiger charge is 2.52. The molecule has 20 heavy (non-hydrogen) atoms. The molecule has 0 bridgehead atoms. The number of sulfone groups is 1. The molecule has 0 atom stereocenters. The van der Waals surface area contributed by atoms with Crippen LogP contribution < -0.4 is 10.9 Å². The zero-order chi connectivity index (χ0) is 15.3. The maximum absolute atomic E-state index is 12.3. The fourth-order valence-corrected chi connectivity index (χ4v) is 2.64. The number of hydrogen-bond acceptors (Lipinski definition) is 5. The van der Waals surface area contributed by atoms with Gasteiger partial charge in [-0.1, -0.05) is 0 Å². The third-order valence-corrected chi connectivity index (χ3v) is 4.95. The van der Waals surface area contributed by atoms with Crippen LogP contribution in [0.2, 0.25) is 0 Å². The number of H-pyrrole nitrogens is 1. The van der Waals surface area contributed by atoms with Crippen molar-refractivity contribution in [2.75, 3.05) is 6.26 Å². The van der Waals surface area contributed by atoms with E-state index in [-0.39, 0.29) is 10.4 Å². The molecule has 0 amide bonds. The Kier molecular flexibility index (Phi) is 3.39. The van der Waals surface area contributed by atoms with Gasteiger partial charge in [0.1, 0.15) is 4.90 Å². The second kappa shape index (κ2) is 4.44.